The van der Waals surface area contributed by atoms with Gasteiger partial charge < -0.3 is 19.9 Å². The van der Waals surface area contributed by atoms with Gasteiger partial charge in [-0.2, -0.15) is 0 Å². The largest absolute Gasteiger partial charge is 0.480 e. The van der Waals surface area contributed by atoms with Crippen LogP contribution in [0.1, 0.15) is 42.7 Å². The smallest absolute Gasteiger partial charge is 0.408 e. The van der Waals surface area contributed by atoms with E-state index in [1.54, 1.807) is 0 Å². The van der Waals surface area contributed by atoms with Crippen molar-refractivity contribution in [3.05, 3.63) is 71.8 Å². The first-order chi connectivity index (χ1) is 14.1. The molecule has 1 saturated carbocycles. The van der Waals surface area contributed by atoms with Crippen molar-refractivity contribution in [3.63, 3.8) is 0 Å². The van der Waals surface area contributed by atoms with Crippen molar-refractivity contribution in [1.82, 2.24) is 5.32 Å². The molecule has 0 aromatic heterocycles. The zero-order valence-corrected chi connectivity index (χ0v) is 16.3. The second kappa shape index (κ2) is 10.6. The molecule has 3 rings (SSSR count). The summed E-state index contributed by atoms with van der Waals surface area (Å²) in [5, 5.41) is 11.8. The fourth-order valence-electron chi connectivity index (χ4n) is 3.60. The molecule has 6 nitrogen and oxygen atoms in total. The zero-order valence-electron chi connectivity index (χ0n) is 16.3. The number of amides is 1. The minimum atomic E-state index is -1.14. The highest BCUT2D eigenvalue weighted by Crippen LogP contribution is 2.33. The van der Waals surface area contributed by atoms with Crippen molar-refractivity contribution in [2.45, 2.75) is 50.4 Å². The molecule has 154 valence electrons. The molecule has 1 aliphatic rings. The van der Waals surface area contributed by atoms with Crippen molar-refractivity contribution in [3.8, 4) is 0 Å². The van der Waals surface area contributed by atoms with Gasteiger partial charge in [0, 0.05) is 0 Å². The van der Waals surface area contributed by atoms with Crippen LogP contribution in [0.4, 0.5) is 4.79 Å². The monoisotopic (exact) mass is 397 g/mol. The van der Waals surface area contributed by atoms with Crippen LogP contribution in [-0.4, -0.2) is 35.9 Å². The van der Waals surface area contributed by atoms with Gasteiger partial charge in [-0.3, -0.25) is 0 Å². The Morgan fingerprint density at radius 1 is 0.966 bits per heavy atom. The van der Waals surface area contributed by atoms with Crippen LogP contribution in [-0.2, 0) is 20.9 Å². The Morgan fingerprint density at radius 3 is 2.21 bits per heavy atom. The number of benzene rings is 2. The van der Waals surface area contributed by atoms with E-state index >= 15 is 0 Å². The highest BCUT2D eigenvalue weighted by molar-refractivity contribution is 5.80. The lowest BCUT2D eigenvalue weighted by Gasteiger charge is -2.29. The third-order valence-corrected chi connectivity index (χ3v) is 5.25. The maximum absolute atomic E-state index is 11.9. The Kier molecular flexibility index (Phi) is 7.64. The molecule has 0 aliphatic heterocycles. The van der Waals surface area contributed by atoms with Crippen molar-refractivity contribution < 1.29 is 24.2 Å². The lowest BCUT2D eigenvalue weighted by atomic mass is 9.83. The summed E-state index contributed by atoms with van der Waals surface area (Å²) in [5.41, 5.74) is 2.18. The van der Waals surface area contributed by atoms with E-state index in [0.717, 1.165) is 31.2 Å². The molecule has 6 heteroatoms. The van der Waals surface area contributed by atoms with Gasteiger partial charge in [0.05, 0.1) is 12.7 Å². The average molecular weight is 397 g/mol. The highest BCUT2D eigenvalue weighted by atomic mass is 16.5. The third kappa shape index (κ3) is 6.61. The van der Waals surface area contributed by atoms with E-state index in [9.17, 15) is 14.7 Å². The van der Waals surface area contributed by atoms with Crippen LogP contribution in [0.5, 0.6) is 0 Å². The standard InChI is InChI=1S/C23H27NO5/c25-22(26)21(24-23(27)29-15-17-7-3-1-4-8-17)16-28-20-13-11-19(12-14-20)18-9-5-2-6-10-18/h1-10,19-21H,11-16H2,(H,24,27)(H,25,26). The molecule has 1 fully saturated rings. The maximum atomic E-state index is 11.9. The number of alkyl carbamates (subject to hydrolysis) is 1. The van der Waals surface area contributed by atoms with Gasteiger partial charge in [-0.25, -0.2) is 9.59 Å². The van der Waals surface area contributed by atoms with Crippen molar-refractivity contribution >= 4 is 12.1 Å². The van der Waals surface area contributed by atoms with Gasteiger partial charge in [-0.15, -0.1) is 0 Å². The Labute approximate surface area is 170 Å². The minimum absolute atomic E-state index is 0.0129. The van der Waals surface area contributed by atoms with Gasteiger partial charge in [0.25, 0.3) is 0 Å². The third-order valence-electron chi connectivity index (χ3n) is 5.25. The van der Waals surface area contributed by atoms with Crippen LogP contribution < -0.4 is 5.32 Å². The molecule has 2 N–H and O–H groups in total. The second-order valence-electron chi connectivity index (χ2n) is 7.31. The van der Waals surface area contributed by atoms with Crippen LogP contribution >= 0.6 is 0 Å². The zero-order chi connectivity index (χ0) is 20.5. The Bertz CT molecular complexity index is 772. The van der Waals surface area contributed by atoms with Gasteiger partial charge in [-0.1, -0.05) is 60.7 Å². The molecule has 2 aromatic carbocycles. The van der Waals surface area contributed by atoms with Crippen LogP contribution in [0.3, 0.4) is 0 Å². The predicted molar refractivity (Wildman–Crippen MR) is 109 cm³/mol. The number of carbonyl (C=O) groups excluding carboxylic acids is 1. The lowest BCUT2D eigenvalue weighted by molar-refractivity contribution is -0.141. The van der Waals surface area contributed by atoms with Crippen LogP contribution in [0.2, 0.25) is 0 Å². The molecule has 0 radical (unpaired) electrons. The Hall–Kier alpha value is -2.86. The number of aliphatic carboxylic acids is 1. The highest BCUT2D eigenvalue weighted by Gasteiger charge is 2.26. The summed E-state index contributed by atoms with van der Waals surface area (Å²) in [6.45, 7) is 0.0137. The normalized spacial score (nSPS) is 19.9. The van der Waals surface area contributed by atoms with Gasteiger partial charge in [0.1, 0.15) is 6.61 Å². The minimum Gasteiger partial charge on any atom is -0.480 e. The quantitative estimate of drug-likeness (QED) is 0.700. The number of carboxylic acids is 1. The molecule has 0 saturated heterocycles. The first kappa shape index (κ1) is 20.9. The topological polar surface area (TPSA) is 84.9 Å². The van der Waals surface area contributed by atoms with E-state index in [4.69, 9.17) is 9.47 Å². The van der Waals surface area contributed by atoms with E-state index < -0.39 is 18.1 Å². The van der Waals surface area contributed by atoms with Crippen LogP contribution in [0.15, 0.2) is 60.7 Å². The van der Waals surface area contributed by atoms with E-state index in [0.29, 0.717) is 5.92 Å². The lowest BCUT2D eigenvalue weighted by Crippen LogP contribution is -2.45. The van der Waals surface area contributed by atoms with Gasteiger partial charge in [0.2, 0.25) is 0 Å². The number of hydrogen-bond donors (Lipinski definition) is 2. The number of carbonyl (C=O) groups is 2. The second-order valence-corrected chi connectivity index (χ2v) is 7.31. The molecule has 0 heterocycles. The molecule has 1 atom stereocenters. The first-order valence-electron chi connectivity index (χ1n) is 9.98. The van der Waals surface area contributed by atoms with E-state index in [1.807, 2.05) is 36.4 Å². The van der Waals surface area contributed by atoms with Crippen molar-refractivity contribution in [2.75, 3.05) is 6.61 Å². The van der Waals surface area contributed by atoms with Gasteiger partial charge >= 0.3 is 12.1 Å². The maximum Gasteiger partial charge on any atom is 0.408 e. The van der Waals surface area contributed by atoms with E-state index in [-0.39, 0.29) is 19.3 Å². The summed E-state index contributed by atoms with van der Waals surface area (Å²) in [6, 6.07) is 18.5. The fraction of sp³-hybridized carbons (Fsp3) is 0.391. The summed E-state index contributed by atoms with van der Waals surface area (Å²) in [7, 11) is 0. The summed E-state index contributed by atoms with van der Waals surface area (Å²) in [5.74, 6) is -0.614. The Morgan fingerprint density at radius 2 is 1.59 bits per heavy atom. The number of ether oxygens (including phenoxy) is 2. The summed E-state index contributed by atoms with van der Waals surface area (Å²) in [6.07, 6.45) is 3.03. The SMILES string of the molecule is O=C(NC(COC1CCC(c2ccccc2)CC1)C(=O)O)OCc1ccccc1. The number of nitrogens with one attached hydrogen (secondary N) is 1. The Balaban J connectivity index is 1.40. The average Bonchev–Trinajstić information content (AvgIpc) is 2.76. The van der Waals surface area contributed by atoms with E-state index in [2.05, 4.69) is 29.6 Å². The molecule has 0 spiro atoms. The molecule has 2 aromatic rings. The summed E-state index contributed by atoms with van der Waals surface area (Å²) >= 11 is 0. The molecule has 1 amide bonds. The number of rotatable bonds is 8. The molecular weight excluding hydrogens is 370 g/mol. The molecular formula is C23H27NO5. The van der Waals surface area contributed by atoms with E-state index in [1.165, 1.54) is 5.56 Å². The summed E-state index contributed by atoms with van der Waals surface area (Å²) < 4.78 is 10.9. The first-order valence-corrected chi connectivity index (χ1v) is 9.98. The molecule has 0 bridgehead atoms. The van der Waals surface area contributed by atoms with Gasteiger partial charge in [-0.05, 0) is 42.7 Å². The molecule has 1 unspecified atom stereocenters. The van der Waals surface area contributed by atoms with Crippen LogP contribution in [0.25, 0.3) is 0 Å². The van der Waals surface area contributed by atoms with Crippen molar-refractivity contribution in [1.29, 1.82) is 0 Å². The van der Waals surface area contributed by atoms with Gasteiger partial charge in [0.15, 0.2) is 6.04 Å². The number of carboxylic acid groups (broad SMARTS) is 1. The fourth-order valence-corrected chi connectivity index (χ4v) is 3.60. The number of hydrogen-bond acceptors (Lipinski definition) is 4. The molecule has 1 aliphatic carbocycles. The molecule has 29 heavy (non-hydrogen) atoms. The summed E-state index contributed by atoms with van der Waals surface area (Å²) in [4.78, 5) is 23.4. The predicted octanol–water partition coefficient (Wildman–Crippen LogP) is 4.11. The van der Waals surface area contributed by atoms with Crippen LogP contribution in [0, 0.1) is 0 Å². The van der Waals surface area contributed by atoms with Crippen molar-refractivity contribution in [2.24, 2.45) is 0 Å².